The van der Waals surface area contributed by atoms with Gasteiger partial charge in [-0.15, -0.1) is 0 Å². The molecule has 0 saturated carbocycles. The van der Waals surface area contributed by atoms with Crippen molar-refractivity contribution in [3.63, 3.8) is 0 Å². The molecular formula is C16H26N2O. The van der Waals surface area contributed by atoms with Gasteiger partial charge in [-0.1, -0.05) is 25.1 Å². The summed E-state index contributed by atoms with van der Waals surface area (Å²) in [5.74, 6) is 0. The van der Waals surface area contributed by atoms with Gasteiger partial charge in [0, 0.05) is 37.8 Å². The fraction of sp³-hybridized carbons (Fsp3) is 0.625. The van der Waals surface area contributed by atoms with Crippen molar-refractivity contribution in [1.82, 2.24) is 5.32 Å². The molecule has 1 aliphatic rings. The molecule has 0 aliphatic carbocycles. The molecule has 106 valence electrons. The van der Waals surface area contributed by atoms with Crippen LogP contribution in [0.4, 0.5) is 5.69 Å². The van der Waals surface area contributed by atoms with Gasteiger partial charge < -0.3 is 15.0 Å². The lowest BCUT2D eigenvalue weighted by molar-refractivity contribution is 0.152. The van der Waals surface area contributed by atoms with E-state index in [0.717, 1.165) is 39.3 Å². The van der Waals surface area contributed by atoms with Gasteiger partial charge in [0.05, 0.1) is 6.61 Å². The average molecular weight is 262 g/mol. The van der Waals surface area contributed by atoms with E-state index in [1.54, 1.807) is 0 Å². The Bertz CT molecular complexity index is 360. The molecule has 1 atom stereocenters. The third-order valence-corrected chi connectivity index (χ3v) is 3.88. The second kappa shape index (κ2) is 6.92. The van der Waals surface area contributed by atoms with Crippen molar-refractivity contribution in [2.45, 2.75) is 19.8 Å². The van der Waals surface area contributed by atoms with Crippen LogP contribution in [0.3, 0.4) is 0 Å². The van der Waals surface area contributed by atoms with Crippen molar-refractivity contribution >= 4 is 5.69 Å². The molecule has 0 amide bonds. The summed E-state index contributed by atoms with van der Waals surface area (Å²) in [5.41, 5.74) is 1.55. The number of nitrogens with one attached hydrogen (secondary N) is 1. The molecule has 1 N–H and O–H groups in total. The number of rotatable bonds is 7. The summed E-state index contributed by atoms with van der Waals surface area (Å²) in [6, 6.07) is 10.6. The zero-order valence-electron chi connectivity index (χ0n) is 12.2. The van der Waals surface area contributed by atoms with Gasteiger partial charge in [0.25, 0.3) is 0 Å². The van der Waals surface area contributed by atoms with Crippen LogP contribution in [-0.2, 0) is 4.74 Å². The van der Waals surface area contributed by atoms with Crippen molar-refractivity contribution in [1.29, 1.82) is 0 Å². The predicted molar refractivity (Wildman–Crippen MR) is 80.7 cm³/mol. The predicted octanol–water partition coefficient (Wildman–Crippen LogP) is 2.53. The summed E-state index contributed by atoms with van der Waals surface area (Å²) >= 11 is 0. The van der Waals surface area contributed by atoms with Crippen molar-refractivity contribution in [3.8, 4) is 0 Å². The van der Waals surface area contributed by atoms with E-state index in [1.807, 2.05) is 0 Å². The first kappa shape index (κ1) is 14.4. The van der Waals surface area contributed by atoms with E-state index in [1.165, 1.54) is 12.1 Å². The van der Waals surface area contributed by atoms with Gasteiger partial charge in [-0.05, 0) is 31.5 Å². The fourth-order valence-corrected chi connectivity index (χ4v) is 2.78. The summed E-state index contributed by atoms with van der Waals surface area (Å²) in [6.45, 7) is 7.18. The highest BCUT2D eigenvalue weighted by molar-refractivity contribution is 5.45. The molecule has 0 aromatic heterocycles. The van der Waals surface area contributed by atoms with E-state index in [-0.39, 0.29) is 5.41 Å². The maximum atomic E-state index is 5.66. The van der Waals surface area contributed by atoms with Crippen LogP contribution >= 0.6 is 0 Å². The Hall–Kier alpha value is -1.06. The van der Waals surface area contributed by atoms with Crippen LogP contribution in [0.2, 0.25) is 0 Å². The average Bonchev–Trinajstić information content (AvgIpc) is 2.89. The smallest absolute Gasteiger partial charge is 0.0552 e. The van der Waals surface area contributed by atoms with Crippen LogP contribution in [-0.4, -0.2) is 39.9 Å². The fourth-order valence-electron chi connectivity index (χ4n) is 2.78. The molecular weight excluding hydrogens is 236 g/mol. The van der Waals surface area contributed by atoms with Crippen LogP contribution in [0, 0.1) is 5.41 Å². The van der Waals surface area contributed by atoms with Gasteiger partial charge in [-0.25, -0.2) is 0 Å². The molecule has 0 spiro atoms. The molecule has 1 fully saturated rings. The minimum atomic E-state index is 0.264. The normalized spacial score (nSPS) is 22.6. The lowest BCUT2D eigenvalue weighted by Crippen LogP contribution is -2.44. The zero-order valence-corrected chi connectivity index (χ0v) is 12.2. The topological polar surface area (TPSA) is 24.5 Å². The van der Waals surface area contributed by atoms with E-state index in [4.69, 9.17) is 4.74 Å². The summed E-state index contributed by atoms with van der Waals surface area (Å²) in [4.78, 5) is 2.35. The van der Waals surface area contributed by atoms with Gasteiger partial charge >= 0.3 is 0 Å². The van der Waals surface area contributed by atoms with Crippen LogP contribution in [0.5, 0.6) is 0 Å². The van der Waals surface area contributed by atoms with Gasteiger partial charge in [0.15, 0.2) is 0 Å². The Kier molecular flexibility index (Phi) is 5.23. The molecule has 2 rings (SSSR count). The van der Waals surface area contributed by atoms with Crippen LogP contribution in [0.25, 0.3) is 0 Å². The van der Waals surface area contributed by atoms with E-state index < -0.39 is 0 Å². The first-order chi connectivity index (χ1) is 9.26. The molecule has 1 aromatic rings. The van der Waals surface area contributed by atoms with Crippen molar-refractivity contribution in [2.24, 2.45) is 5.41 Å². The van der Waals surface area contributed by atoms with Gasteiger partial charge in [-0.3, -0.25) is 0 Å². The molecule has 1 unspecified atom stereocenters. The third kappa shape index (κ3) is 3.95. The monoisotopic (exact) mass is 262 g/mol. The van der Waals surface area contributed by atoms with Crippen LogP contribution in [0.1, 0.15) is 19.8 Å². The lowest BCUT2D eigenvalue weighted by Gasteiger charge is -2.33. The molecule has 0 radical (unpaired) electrons. The van der Waals surface area contributed by atoms with Gasteiger partial charge in [0.2, 0.25) is 0 Å². The molecule has 3 heteroatoms. The largest absolute Gasteiger partial charge is 0.381 e. The summed E-state index contributed by atoms with van der Waals surface area (Å²) in [6.07, 6.45) is 2.34. The number of para-hydroxylation sites is 1. The SMILES string of the molecule is CCCNCC1(CN(C)c2ccccc2)CCOC1. The molecule has 1 heterocycles. The maximum absolute atomic E-state index is 5.66. The quantitative estimate of drug-likeness (QED) is 0.764. The second-order valence-electron chi connectivity index (χ2n) is 5.67. The Morgan fingerprint density at radius 3 is 2.74 bits per heavy atom. The summed E-state index contributed by atoms with van der Waals surface area (Å²) < 4.78 is 5.66. The molecule has 0 bridgehead atoms. The Morgan fingerprint density at radius 1 is 1.32 bits per heavy atom. The minimum absolute atomic E-state index is 0.264. The molecule has 1 aliphatic heterocycles. The first-order valence-electron chi connectivity index (χ1n) is 7.30. The lowest BCUT2D eigenvalue weighted by atomic mass is 9.86. The zero-order chi connectivity index (χ0) is 13.6. The Balaban J connectivity index is 1.96. The van der Waals surface area contributed by atoms with Gasteiger partial charge in [0.1, 0.15) is 0 Å². The highest BCUT2D eigenvalue weighted by atomic mass is 16.5. The van der Waals surface area contributed by atoms with E-state index in [9.17, 15) is 0 Å². The van der Waals surface area contributed by atoms with E-state index >= 15 is 0 Å². The molecule has 3 nitrogen and oxygen atoms in total. The highest BCUT2D eigenvalue weighted by Crippen LogP contribution is 2.30. The van der Waals surface area contributed by atoms with Gasteiger partial charge in [-0.2, -0.15) is 0 Å². The first-order valence-corrected chi connectivity index (χ1v) is 7.30. The standard InChI is InChI=1S/C16H26N2O/c1-3-10-17-12-16(9-11-19-14-16)13-18(2)15-7-5-4-6-8-15/h4-8,17H,3,9-14H2,1-2H3. The Morgan fingerprint density at radius 2 is 2.11 bits per heavy atom. The van der Waals surface area contributed by atoms with Crippen molar-refractivity contribution in [3.05, 3.63) is 30.3 Å². The molecule has 1 saturated heterocycles. The number of ether oxygens (including phenoxy) is 1. The number of benzene rings is 1. The molecule has 1 aromatic carbocycles. The summed E-state index contributed by atoms with van der Waals surface area (Å²) in [5, 5.41) is 3.57. The minimum Gasteiger partial charge on any atom is -0.381 e. The number of hydrogen-bond acceptors (Lipinski definition) is 3. The number of hydrogen-bond donors (Lipinski definition) is 1. The number of nitrogens with zero attached hydrogens (tertiary/aromatic N) is 1. The van der Waals surface area contributed by atoms with Crippen LogP contribution in [0.15, 0.2) is 30.3 Å². The van der Waals surface area contributed by atoms with Crippen molar-refractivity contribution in [2.75, 3.05) is 44.8 Å². The maximum Gasteiger partial charge on any atom is 0.0552 e. The van der Waals surface area contributed by atoms with E-state index in [0.29, 0.717) is 0 Å². The Labute approximate surface area is 116 Å². The molecule has 19 heavy (non-hydrogen) atoms. The van der Waals surface area contributed by atoms with Crippen LogP contribution < -0.4 is 10.2 Å². The second-order valence-corrected chi connectivity index (χ2v) is 5.67. The summed E-state index contributed by atoms with van der Waals surface area (Å²) in [7, 11) is 2.18. The van der Waals surface area contributed by atoms with Crippen molar-refractivity contribution < 1.29 is 4.74 Å². The highest BCUT2D eigenvalue weighted by Gasteiger charge is 2.35. The number of anilines is 1. The van der Waals surface area contributed by atoms with E-state index in [2.05, 4.69) is 54.5 Å². The third-order valence-electron chi connectivity index (χ3n) is 3.88.